The summed E-state index contributed by atoms with van der Waals surface area (Å²) in [6.45, 7) is 2.45. The zero-order valence-corrected chi connectivity index (χ0v) is 15.3. The molecule has 0 unspecified atom stereocenters. The predicted molar refractivity (Wildman–Crippen MR) is 100 cm³/mol. The number of aromatic hydroxyl groups is 1. The van der Waals surface area contributed by atoms with Crippen LogP contribution in [0.15, 0.2) is 36.8 Å². The maximum atomic E-state index is 12.8. The van der Waals surface area contributed by atoms with Crippen molar-refractivity contribution < 1.29 is 19.5 Å². The SMILES string of the molecule is C[C@H]1CC[C@H](c2ccc(O)nc2)N(C(=O)C(=O)Nc2cncc(C(N)=O)c2)C1. The van der Waals surface area contributed by atoms with Crippen LogP contribution in [-0.2, 0) is 9.59 Å². The predicted octanol–water partition coefficient (Wildman–Crippen LogP) is 1.22. The lowest BCUT2D eigenvalue weighted by Crippen LogP contribution is -2.46. The number of hydrogen-bond acceptors (Lipinski definition) is 6. The first-order valence-corrected chi connectivity index (χ1v) is 8.87. The monoisotopic (exact) mass is 383 g/mol. The van der Waals surface area contributed by atoms with Crippen molar-refractivity contribution in [2.24, 2.45) is 11.7 Å². The smallest absolute Gasteiger partial charge is 0.313 e. The van der Waals surface area contributed by atoms with Crippen LogP contribution in [-0.4, -0.2) is 44.2 Å². The summed E-state index contributed by atoms with van der Waals surface area (Å²) in [6.07, 6.45) is 5.71. The van der Waals surface area contributed by atoms with Gasteiger partial charge in [0.25, 0.3) is 0 Å². The highest BCUT2D eigenvalue weighted by Gasteiger charge is 2.34. The summed E-state index contributed by atoms with van der Waals surface area (Å²) in [4.78, 5) is 45.9. The second-order valence-corrected chi connectivity index (χ2v) is 6.89. The van der Waals surface area contributed by atoms with E-state index in [1.807, 2.05) is 6.92 Å². The van der Waals surface area contributed by atoms with Gasteiger partial charge in [-0.1, -0.05) is 13.0 Å². The molecule has 2 aromatic heterocycles. The molecule has 28 heavy (non-hydrogen) atoms. The molecular weight excluding hydrogens is 362 g/mol. The quantitative estimate of drug-likeness (QED) is 0.681. The number of amides is 3. The fourth-order valence-corrected chi connectivity index (χ4v) is 3.28. The van der Waals surface area contributed by atoms with Crippen LogP contribution >= 0.6 is 0 Å². The molecule has 1 saturated heterocycles. The third-order valence-corrected chi connectivity index (χ3v) is 4.71. The summed E-state index contributed by atoms with van der Waals surface area (Å²) in [5, 5.41) is 11.9. The Morgan fingerprint density at radius 3 is 2.68 bits per heavy atom. The molecule has 0 spiro atoms. The van der Waals surface area contributed by atoms with E-state index < -0.39 is 17.7 Å². The number of pyridine rings is 2. The standard InChI is InChI=1S/C19H21N5O4/c1-11-2-4-15(12-3-5-16(25)22-8-12)24(10-11)19(28)18(27)23-14-6-13(17(20)26)7-21-9-14/h3,5-9,11,15H,2,4,10H2,1H3,(H2,20,26)(H,22,25)(H,23,27)/t11-,15+/m0/s1. The normalized spacial score (nSPS) is 19.1. The van der Waals surface area contributed by atoms with Gasteiger partial charge in [-0.2, -0.15) is 0 Å². The van der Waals surface area contributed by atoms with Gasteiger partial charge in [0, 0.05) is 25.0 Å². The average Bonchev–Trinajstić information content (AvgIpc) is 2.68. The second-order valence-electron chi connectivity index (χ2n) is 6.89. The highest BCUT2D eigenvalue weighted by Crippen LogP contribution is 2.33. The summed E-state index contributed by atoms with van der Waals surface area (Å²) in [7, 11) is 0. The van der Waals surface area contributed by atoms with Gasteiger partial charge < -0.3 is 21.1 Å². The van der Waals surface area contributed by atoms with E-state index in [2.05, 4.69) is 15.3 Å². The Hall–Kier alpha value is -3.49. The van der Waals surface area contributed by atoms with Crippen molar-refractivity contribution in [3.63, 3.8) is 0 Å². The molecule has 1 aliphatic rings. The summed E-state index contributed by atoms with van der Waals surface area (Å²) < 4.78 is 0. The van der Waals surface area contributed by atoms with E-state index in [9.17, 15) is 19.5 Å². The van der Waals surface area contributed by atoms with Gasteiger partial charge in [-0.25, -0.2) is 4.98 Å². The lowest BCUT2D eigenvalue weighted by atomic mass is 9.90. The topological polar surface area (TPSA) is 139 Å². The van der Waals surface area contributed by atoms with E-state index in [1.165, 1.54) is 35.6 Å². The number of nitrogens with two attached hydrogens (primary N) is 1. The number of carbonyl (C=O) groups is 3. The van der Waals surface area contributed by atoms with Crippen molar-refractivity contribution >= 4 is 23.4 Å². The van der Waals surface area contributed by atoms with E-state index >= 15 is 0 Å². The van der Waals surface area contributed by atoms with Gasteiger partial charge >= 0.3 is 11.8 Å². The van der Waals surface area contributed by atoms with Crippen LogP contribution < -0.4 is 11.1 Å². The fraction of sp³-hybridized carbons (Fsp3) is 0.316. The van der Waals surface area contributed by atoms with E-state index in [-0.39, 0.29) is 29.1 Å². The van der Waals surface area contributed by atoms with Gasteiger partial charge in [0.05, 0.1) is 23.5 Å². The van der Waals surface area contributed by atoms with Gasteiger partial charge in [0.1, 0.15) is 0 Å². The molecule has 3 heterocycles. The third kappa shape index (κ3) is 4.25. The molecule has 1 aliphatic heterocycles. The van der Waals surface area contributed by atoms with Gasteiger partial charge in [0.2, 0.25) is 11.8 Å². The Balaban J connectivity index is 1.79. The zero-order chi connectivity index (χ0) is 20.3. The van der Waals surface area contributed by atoms with Crippen LogP contribution in [0.1, 0.15) is 41.7 Å². The van der Waals surface area contributed by atoms with Crippen LogP contribution in [0, 0.1) is 5.92 Å². The Morgan fingerprint density at radius 2 is 2.00 bits per heavy atom. The maximum absolute atomic E-state index is 12.8. The van der Waals surface area contributed by atoms with E-state index in [0.717, 1.165) is 12.0 Å². The number of rotatable bonds is 3. The molecule has 4 N–H and O–H groups in total. The lowest BCUT2D eigenvalue weighted by molar-refractivity contribution is -0.146. The van der Waals surface area contributed by atoms with Crippen LogP contribution in [0.3, 0.4) is 0 Å². The molecule has 0 aromatic carbocycles. The fourth-order valence-electron chi connectivity index (χ4n) is 3.28. The van der Waals surface area contributed by atoms with Gasteiger partial charge in [-0.05, 0) is 30.4 Å². The largest absolute Gasteiger partial charge is 0.493 e. The summed E-state index contributed by atoms with van der Waals surface area (Å²) >= 11 is 0. The van der Waals surface area contributed by atoms with Crippen molar-refractivity contribution in [2.45, 2.75) is 25.8 Å². The van der Waals surface area contributed by atoms with Gasteiger partial charge in [-0.15, -0.1) is 0 Å². The van der Waals surface area contributed by atoms with Crippen LogP contribution in [0.2, 0.25) is 0 Å². The van der Waals surface area contributed by atoms with Crippen molar-refractivity contribution in [2.75, 3.05) is 11.9 Å². The molecule has 9 nitrogen and oxygen atoms in total. The molecule has 0 radical (unpaired) electrons. The minimum Gasteiger partial charge on any atom is -0.493 e. The first kappa shape index (κ1) is 19.3. The Labute approximate surface area is 161 Å². The van der Waals surface area contributed by atoms with Crippen molar-refractivity contribution in [1.29, 1.82) is 0 Å². The Bertz CT molecular complexity index is 899. The molecule has 2 atom stereocenters. The molecule has 9 heteroatoms. The van der Waals surface area contributed by atoms with E-state index in [0.29, 0.717) is 13.0 Å². The van der Waals surface area contributed by atoms with Crippen LogP contribution in [0.5, 0.6) is 5.88 Å². The van der Waals surface area contributed by atoms with Crippen LogP contribution in [0.25, 0.3) is 0 Å². The third-order valence-electron chi connectivity index (χ3n) is 4.71. The second kappa shape index (κ2) is 8.03. The first-order chi connectivity index (χ1) is 13.3. The summed E-state index contributed by atoms with van der Waals surface area (Å²) in [6, 6.07) is 4.21. The number of anilines is 1. The lowest BCUT2D eigenvalue weighted by Gasteiger charge is -2.38. The number of piperidine rings is 1. The van der Waals surface area contributed by atoms with Crippen molar-refractivity contribution in [1.82, 2.24) is 14.9 Å². The van der Waals surface area contributed by atoms with E-state index in [1.54, 1.807) is 6.07 Å². The molecule has 146 valence electrons. The Morgan fingerprint density at radius 1 is 1.21 bits per heavy atom. The number of primary amides is 1. The molecule has 3 amide bonds. The summed E-state index contributed by atoms with van der Waals surface area (Å²) in [5.74, 6) is -2.05. The molecule has 2 aromatic rings. The van der Waals surface area contributed by atoms with Gasteiger partial charge in [0.15, 0.2) is 0 Å². The van der Waals surface area contributed by atoms with Crippen LogP contribution in [0.4, 0.5) is 5.69 Å². The minimum atomic E-state index is -0.825. The number of hydrogen-bond donors (Lipinski definition) is 3. The molecule has 1 fully saturated rings. The first-order valence-electron chi connectivity index (χ1n) is 8.87. The zero-order valence-electron chi connectivity index (χ0n) is 15.3. The molecular formula is C19H21N5O4. The van der Waals surface area contributed by atoms with Crippen molar-refractivity contribution in [3.05, 3.63) is 47.9 Å². The molecule has 3 rings (SSSR count). The number of likely N-dealkylation sites (tertiary alicyclic amines) is 1. The molecule has 0 bridgehead atoms. The number of carbonyl (C=O) groups excluding carboxylic acids is 3. The highest BCUT2D eigenvalue weighted by molar-refractivity contribution is 6.39. The summed E-state index contributed by atoms with van der Waals surface area (Å²) in [5.41, 5.74) is 6.30. The number of nitrogens with one attached hydrogen (secondary N) is 1. The molecule has 0 saturated carbocycles. The minimum absolute atomic E-state index is 0.106. The Kier molecular flexibility index (Phi) is 5.53. The number of aromatic nitrogens is 2. The van der Waals surface area contributed by atoms with Crippen molar-refractivity contribution in [3.8, 4) is 5.88 Å². The maximum Gasteiger partial charge on any atom is 0.313 e. The van der Waals surface area contributed by atoms with E-state index in [4.69, 9.17) is 5.73 Å². The average molecular weight is 383 g/mol. The highest BCUT2D eigenvalue weighted by atomic mass is 16.3. The van der Waals surface area contributed by atoms with Gasteiger partial charge in [-0.3, -0.25) is 19.4 Å². The molecule has 0 aliphatic carbocycles. The number of nitrogens with zero attached hydrogens (tertiary/aromatic N) is 3.